The Morgan fingerprint density at radius 2 is 1.78 bits per heavy atom. The lowest BCUT2D eigenvalue weighted by Crippen LogP contribution is -2.41. The highest BCUT2D eigenvalue weighted by Crippen LogP contribution is 2.48. The van der Waals surface area contributed by atoms with Gasteiger partial charge in [0.05, 0.1) is 17.1 Å². The number of carboxylic acid groups (broad SMARTS) is 1. The largest absolute Gasteiger partial charge is 0.490 e. The SMILES string of the molecule is O=C(O)c1ccc2c(c1)[C@]1(CC[C@@H](Oc3cc(F)cc(F)c3)CC1)C(=O)N2. The molecule has 1 aliphatic carbocycles. The number of halogens is 2. The second-order valence-electron chi connectivity index (χ2n) is 7.02. The minimum absolute atomic E-state index is 0.123. The predicted molar refractivity (Wildman–Crippen MR) is 93.0 cm³/mol. The Bertz CT molecular complexity index is 915. The number of hydrogen-bond acceptors (Lipinski definition) is 3. The molecule has 0 atom stereocenters. The van der Waals surface area contributed by atoms with Gasteiger partial charge < -0.3 is 15.2 Å². The third kappa shape index (κ3) is 3.03. The van der Waals surface area contributed by atoms with Gasteiger partial charge in [-0.2, -0.15) is 0 Å². The minimum Gasteiger partial charge on any atom is -0.490 e. The molecule has 1 aliphatic heterocycles. The average molecular weight is 373 g/mol. The van der Waals surface area contributed by atoms with Crippen molar-refractivity contribution in [1.82, 2.24) is 0 Å². The molecule has 27 heavy (non-hydrogen) atoms. The maximum Gasteiger partial charge on any atom is 0.335 e. The fourth-order valence-electron chi connectivity index (χ4n) is 4.03. The number of amides is 1. The van der Waals surface area contributed by atoms with Gasteiger partial charge in [0.25, 0.3) is 0 Å². The van der Waals surface area contributed by atoms with Crippen LogP contribution in [0.3, 0.4) is 0 Å². The number of anilines is 1. The zero-order valence-corrected chi connectivity index (χ0v) is 14.3. The van der Waals surface area contributed by atoms with Crippen molar-refractivity contribution >= 4 is 17.6 Å². The summed E-state index contributed by atoms with van der Waals surface area (Å²) in [6, 6.07) is 7.67. The van der Waals surface area contributed by atoms with Gasteiger partial charge in [0.15, 0.2) is 0 Å². The van der Waals surface area contributed by atoms with Crippen LogP contribution in [0.5, 0.6) is 5.75 Å². The molecule has 1 fully saturated rings. The first kappa shape index (κ1) is 17.5. The van der Waals surface area contributed by atoms with E-state index in [1.165, 1.54) is 6.07 Å². The summed E-state index contributed by atoms with van der Waals surface area (Å²) in [6.07, 6.45) is 1.70. The zero-order chi connectivity index (χ0) is 19.2. The summed E-state index contributed by atoms with van der Waals surface area (Å²) in [4.78, 5) is 23.9. The number of ether oxygens (including phenoxy) is 1. The first-order valence-corrected chi connectivity index (χ1v) is 8.69. The lowest BCUT2D eigenvalue weighted by molar-refractivity contribution is -0.122. The van der Waals surface area contributed by atoms with Gasteiger partial charge >= 0.3 is 5.97 Å². The van der Waals surface area contributed by atoms with Crippen LogP contribution in [0.15, 0.2) is 36.4 Å². The number of aromatic carboxylic acids is 1. The molecule has 5 nitrogen and oxygen atoms in total. The summed E-state index contributed by atoms with van der Waals surface area (Å²) >= 11 is 0. The second-order valence-corrected chi connectivity index (χ2v) is 7.02. The molecule has 0 unspecified atom stereocenters. The van der Waals surface area contributed by atoms with E-state index in [0.717, 1.165) is 18.2 Å². The molecule has 140 valence electrons. The van der Waals surface area contributed by atoms with Gasteiger partial charge in [0.2, 0.25) is 5.91 Å². The molecule has 4 rings (SSSR count). The van der Waals surface area contributed by atoms with E-state index in [1.807, 2.05) is 0 Å². The number of carboxylic acids is 1. The molecular formula is C20H17F2NO4. The van der Waals surface area contributed by atoms with E-state index in [4.69, 9.17) is 4.74 Å². The van der Waals surface area contributed by atoms with Crippen molar-refractivity contribution in [2.24, 2.45) is 0 Å². The first-order valence-electron chi connectivity index (χ1n) is 8.69. The van der Waals surface area contributed by atoms with E-state index < -0.39 is 23.0 Å². The van der Waals surface area contributed by atoms with E-state index in [0.29, 0.717) is 36.9 Å². The monoisotopic (exact) mass is 373 g/mol. The number of benzene rings is 2. The van der Waals surface area contributed by atoms with Crippen LogP contribution < -0.4 is 10.1 Å². The summed E-state index contributed by atoms with van der Waals surface area (Å²) in [6.45, 7) is 0. The Kier molecular flexibility index (Phi) is 4.09. The van der Waals surface area contributed by atoms with Crippen LogP contribution in [0.2, 0.25) is 0 Å². The van der Waals surface area contributed by atoms with Crippen molar-refractivity contribution in [3.63, 3.8) is 0 Å². The van der Waals surface area contributed by atoms with Gasteiger partial charge in [-0.25, -0.2) is 13.6 Å². The highest BCUT2D eigenvalue weighted by atomic mass is 19.1. The molecular weight excluding hydrogens is 356 g/mol. The highest BCUT2D eigenvalue weighted by molar-refractivity contribution is 6.07. The van der Waals surface area contributed by atoms with Crippen LogP contribution in [0.25, 0.3) is 0 Å². The van der Waals surface area contributed by atoms with Crippen molar-refractivity contribution in [1.29, 1.82) is 0 Å². The number of fused-ring (bicyclic) bond motifs is 2. The number of carbonyl (C=O) groups is 2. The van der Waals surface area contributed by atoms with Gasteiger partial charge in [-0.1, -0.05) is 0 Å². The molecule has 2 aromatic carbocycles. The molecule has 2 aromatic rings. The average Bonchev–Trinajstić information content (AvgIpc) is 2.87. The smallest absolute Gasteiger partial charge is 0.335 e. The van der Waals surface area contributed by atoms with Gasteiger partial charge in [0, 0.05) is 23.9 Å². The maximum absolute atomic E-state index is 13.3. The van der Waals surface area contributed by atoms with Crippen LogP contribution in [0, 0.1) is 11.6 Å². The molecule has 2 aliphatic rings. The maximum atomic E-state index is 13.3. The van der Waals surface area contributed by atoms with Crippen molar-refractivity contribution in [2.45, 2.75) is 37.2 Å². The number of hydrogen-bond donors (Lipinski definition) is 2. The standard InChI is InChI=1S/C20H17F2NO4/c21-12-8-13(22)10-15(9-12)27-14-3-5-20(6-4-14)16-7-11(18(24)25)1-2-17(16)23-19(20)26/h1-2,7-10,14H,3-6H2,(H,23,26)(H,24,25)/t14-,20-. The van der Waals surface area contributed by atoms with Gasteiger partial charge in [-0.05, 0) is 49.4 Å². The number of rotatable bonds is 3. The Morgan fingerprint density at radius 1 is 1.11 bits per heavy atom. The van der Waals surface area contributed by atoms with E-state index in [-0.39, 0.29) is 23.3 Å². The van der Waals surface area contributed by atoms with Crippen LogP contribution in [-0.2, 0) is 10.2 Å². The highest BCUT2D eigenvalue weighted by Gasteiger charge is 2.49. The van der Waals surface area contributed by atoms with Gasteiger partial charge in [-0.15, -0.1) is 0 Å². The zero-order valence-electron chi connectivity index (χ0n) is 14.3. The molecule has 0 bridgehead atoms. The van der Waals surface area contributed by atoms with Crippen LogP contribution in [0.1, 0.15) is 41.6 Å². The van der Waals surface area contributed by atoms with E-state index in [9.17, 15) is 23.5 Å². The number of nitrogens with one attached hydrogen (secondary N) is 1. The topological polar surface area (TPSA) is 75.6 Å². The fraction of sp³-hybridized carbons (Fsp3) is 0.300. The van der Waals surface area contributed by atoms with Gasteiger partial charge in [-0.3, -0.25) is 4.79 Å². The van der Waals surface area contributed by atoms with E-state index >= 15 is 0 Å². The summed E-state index contributed by atoms with van der Waals surface area (Å²) < 4.78 is 32.3. The Labute approximate surface area is 154 Å². The van der Waals surface area contributed by atoms with Crippen molar-refractivity contribution in [2.75, 3.05) is 5.32 Å². The second kappa shape index (κ2) is 6.33. The van der Waals surface area contributed by atoms with Crippen LogP contribution in [-0.4, -0.2) is 23.1 Å². The quantitative estimate of drug-likeness (QED) is 0.856. The summed E-state index contributed by atoms with van der Waals surface area (Å²) in [5, 5.41) is 12.1. The van der Waals surface area contributed by atoms with Gasteiger partial charge in [0.1, 0.15) is 17.4 Å². The third-order valence-electron chi connectivity index (χ3n) is 5.39. The molecule has 7 heteroatoms. The normalized spacial score (nSPS) is 23.8. The Hall–Kier alpha value is -2.96. The molecule has 2 N–H and O–H groups in total. The molecule has 0 saturated heterocycles. The summed E-state index contributed by atoms with van der Waals surface area (Å²) in [5.74, 6) is -2.48. The molecule has 1 spiro atoms. The van der Waals surface area contributed by atoms with Crippen molar-refractivity contribution in [3.05, 3.63) is 59.2 Å². The van der Waals surface area contributed by atoms with E-state index in [1.54, 1.807) is 12.1 Å². The first-order chi connectivity index (χ1) is 12.9. The van der Waals surface area contributed by atoms with Crippen molar-refractivity contribution in [3.8, 4) is 5.75 Å². The molecule has 1 amide bonds. The minimum atomic E-state index is -1.04. The summed E-state index contributed by atoms with van der Waals surface area (Å²) in [5.41, 5.74) is 0.686. The van der Waals surface area contributed by atoms with Crippen molar-refractivity contribution < 1.29 is 28.2 Å². The van der Waals surface area contributed by atoms with E-state index in [2.05, 4.69) is 5.32 Å². The lowest BCUT2D eigenvalue weighted by Gasteiger charge is -2.35. The van der Waals surface area contributed by atoms with Crippen LogP contribution >= 0.6 is 0 Å². The Morgan fingerprint density at radius 3 is 2.41 bits per heavy atom. The third-order valence-corrected chi connectivity index (χ3v) is 5.39. The molecule has 0 aromatic heterocycles. The predicted octanol–water partition coefficient (Wildman–Crippen LogP) is 3.87. The lowest BCUT2D eigenvalue weighted by atomic mass is 9.69. The molecule has 1 heterocycles. The van der Waals surface area contributed by atoms with Crippen LogP contribution in [0.4, 0.5) is 14.5 Å². The number of carbonyl (C=O) groups excluding carboxylic acids is 1. The fourth-order valence-corrected chi connectivity index (χ4v) is 4.03. The Balaban J connectivity index is 1.54. The molecule has 1 saturated carbocycles. The summed E-state index contributed by atoms with van der Waals surface area (Å²) in [7, 11) is 0. The molecule has 0 radical (unpaired) electrons.